The van der Waals surface area contributed by atoms with Gasteiger partial charge in [-0.25, -0.2) is 4.39 Å². The zero-order chi connectivity index (χ0) is 10.7. The predicted octanol–water partition coefficient (Wildman–Crippen LogP) is 0.699. The second-order valence-electron chi connectivity index (χ2n) is 2.29. The van der Waals surface area contributed by atoms with Crippen LogP contribution in [0, 0.1) is 17.1 Å². The van der Waals surface area contributed by atoms with Gasteiger partial charge in [0.05, 0.1) is 5.02 Å². The van der Waals surface area contributed by atoms with Crippen molar-refractivity contribution in [3.63, 3.8) is 0 Å². The Morgan fingerprint density at radius 2 is 2.14 bits per heavy atom. The summed E-state index contributed by atoms with van der Waals surface area (Å²) in [7, 11) is -2.14. The van der Waals surface area contributed by atoms with Crippen molar-refractivity contribution < 1.29 is 19.1 Å². The van der Waals surface area contributed by atoms with E-state index in [4.69, 9.17) is 26.9 Å². The Kier molecular flexibility index (Phi) is 3.30. The summed E-state index contributed by atoms with van der Waals surface area (Å²) >= 11 is 5.50. The lowest BCUT2D eigenvalue weighted by Gasteiger charge is -2.06. The van der Waals surface area contributed by atoms with Crippen molar-refractivity contribution in [3.8, 4) is 11.8 Å². The third kappa shape index (κ3) is 2.14. The molecule has 0 aliphatic carbocycles. The lowest BCUT2D eigenvalue weighted by atomic mass is 10.2. The number of halogens is 2. The average molecular weight is 215 g/mol. The van der Waals surface area contributed by atoms with Gasteiger partial charge in [-0.15, -0.1) is 0 Å². The zero-order valence-corrected chi connectivity index (χ0v) is 7.49. The summed E-state index contributed by atoms with van der Waals surface area (Å²) < 4.78 is 17.5. The largest absolute Gasteiger partial charge is 0.707 e. The maximum Gasteiger partial charge on any atom is 0.707 e. The van der Waals surface area contributed by atoms with Gasteiger partial charge in [-0.1, -0.05) is 11.6 Å². The molecule has 1 aromatic carbocycles. The Labute approximate surface area is 84.3 Å². The van der Waals surface area contributed by atoms with Crippen LogP contribution in [0.1, 0.15) is 5.56 Å². The highest BCUT2D eigenvalue weighted by Crippen LogP contribution is 2.26. The zero-order valence-electron chi connectivity index (χ0n) is 6.74. The van der Waals surface area contributed by atoms with E-state index < -0.39 is 24.5 Å². The van der Waals surface area contributed by atoms with Crippen molar-refractivity contribution in [3.05, 3.63) is 28.5 Å². The van der Waals surface area contributed by atoms with Crippen LogP contribution in [0.5, 0.6) is 5.75 Å². The van der Waals surface area contributed by atoms with E-state index >= 15 is 0 Å². The first-order valence-corrected chi connectivity index (χ1v) is 3.85. The molecule has 2 N–H and O–H groups in total. The highest BCUT2D eigenvalue weighted by Gasteiger charge is 2.18. The summed E-state index contributed by atoms with van der Waals surface area (Å²) in [6.45, 7) is 0. The minimum Gasteiger partial charge on any atom is -0.510 e. The van der Waals surface area contributed by atoms with E-state index in [0.717, 1.165) is 6.07 Å². The molecule has 0 radical (unpaired) electrons. The molecule has 0 unspecified atom stereocenters. The second kappa shape index (κ2) is 4.29. The number of benzene rings is 1. The molecule has 1 rings (SSSR count). The fourth-order valence-corrected chi connectivity index (χ4v) is 1.03. The smallest absolute Gasteiger partial charge is 0.510 e. The third-order valence-electron chi connectivity index (χ3n) is 1.40. The molecular weight excluding hydrogens is 211 g/mol. The first-order chi connectivity index (χ1) is 6.56. The van der Waals surface area contributed by atoms with Crippen molar-refractivity contribution in [2.75, 3.05) is 0 Å². The molecule has 0 bridgehead atoms. The van der Waals surface area contributed by atoms with Crippen molar-refractivity contribution in [2.45, 2.75) is 0 Å². The lowest BCUT2D eigenvalue weighted by Crippen LogP contribution is -2.21. The molecule has 72 valence electrons. The van der Waals surface area contributed by atoms with Gasteiger partial charge in [-0.2, -0.15) is 5.26 Å². The van der Waals surface area contributed by atoms with E-state index in [0.29, 0.717) is 0 Å². The SMILES string of the molecule is N#Cc1c(Cl)ccc(OB(O)O)c1F. The van der Waals surface area contributed by atoms with E-state index in [-0.39, 0.29) is 5.02 Å². The van der Waals surface area contributed by atoms with Gasteiger partial charge in [-0.05, 0) is 12.1 Å². The van der Waals surface area contributed by atoms with Gasteiger partial charge in [-0.3, -0.25) is 0 Å². The molecule has 0 spiro atoms. The molecule has 14 heavy (non-hydrogen) atoms. The van der Waals surface area contributed by atoms with E-state index in [1.807, 2.05) is 0 Å². The fourth-order valence-electron chi connectivity index (χ4n) is 0.840. The van der Waals surface area contributed by atoms with Gasteiger partial charge in [0.2, 0.25) is 0 Å². The van der Waals surface area contributed by atoms with Crippen LogP contribution in [0.2, 0.25) is 5.02 Å². The van der Waals surface area contributed by atoms with Crippen LogP contribution >= 0.6 is 11.6 Å². The molecule has 0 aliphatic rings. The van der Waals surface area contributed by atoms with Gasteiger partial charge < -0.3 is 14.7 Å². The molecule has 0 aliphatic heterocycles. The number of hydrogen-bond donors (Lipinski definition) is 2. The van der Waals surface area contributed by atoms with Crippen molar-refractivity contribution in [1.82, 2.24) is 0 Å². The Morgan fingerprint density at radius 1 is 1.50 bits per heavy atom. The molecule has 7 heteroatoms. The highest BCUT2D eigenvalue weighted by atomic mass is 35.5. The Bertz CT molecular complexity index is 393. The van der Waals surface area contributed by atoms with Gasteiger partial charge >= 0.3 is 7.32 Å². The van der Waals surface area contributed by atoms with Crippen molar-refractivity contribution in [2.24, 2.45) is 0 Å². The van der Waals surface area contributed by atoms with E-state index in [9.17, 15) is 4.39 Å². The molecule has 1 aromatic rings. The van der Waals surface area contributed by atoms with E-state index in [2.05, 4.69) is 4.65 Å². The minimum atomic E-state index is -2.14. The Balaban J connectivity index is 3.16. The quantitative estimate of drug-likeness (QED) is 0.712. The maximum atomic E-state index is 13.2. The Morgan fingerprint density at radius 3 is 2.64 bits per heavy atom. The molecule has 0 fully saturated rings. The summed E-state index contributed by atoms with van der Waals surface area (Å²) in [5, 5.41) is 25.3. The van der Waals surface area contributed by atoms with Crippen LogP contribution < -0.4 is 4.65 Å². The normalized spacial score (nSPS) is 9.36. The van der Waals surface area contributed by atoms with E-state index in [1.54, 1.807) is 0 Å². The summed E-state index contributed by atoms with van der Waals surface area (Å²) in [6.07, 6.45) is 0. The van der Waals surface area contributed by atoms with Crippen LogP contribution in [-0.2, 0) is 0 Å². The van der Waals surface area contributed by atoms with Crippen LogP contribution in [-0.4, -0.2) is 17.4 Å². The highest BCUT2D eigenvalue weighted by molar-refractivity contribution is 6.34. The number of nitriles is 1. The molecule has 0 amide bonds. The second-order valence-corrected chi connectivity index (χ2v) is 2.70. The number of nitrogens with zero attached hydrogens (tertiary/aromatic N) is 1. The molecule has 0 aromatic heterocycles. The summed E-state index contributed by atoms with van der Waals surface area (Å²) in [4.78, 5) is 0. The number of rotatable bonds is 2. The predicted molar refractivity (Wildman–Crippen MR) is 46.9 cm³/mol. The summed E-state index contributed by atoms with van der Waals surface area (Å²) in [5.41, 5.74) is -0.398. The molecule has 0 saturated carbocycles. The molecule has 0 saturated heterocycles. The van der Waals surface area contributed by atoms with Crippen LogP contribution in [0.4, 0.5) is 4.39 Å². The summed E-state index contributed by atoms with van der Waals surface area (Å²) in [5.74, 6) is -1.46. The van der Waals surface area contributed by atoms with E-state index in [1.165, 1.54) is 12.1 Å². The van der Waals surface area contributed by atoms with Crippen LogP contribution in [0.25, 0.3) is 0 Å². The molecule has 4 nitrogen and oxygen atoms in total. The average Bonchev–Trinajstić information content (AvgIpc) is 2.10. The fraction of sp³-hybridized carbons (Fsp3) is 0. The standard InChI is InChI=1S/C7H4BClFNO3/c9-5-1-2-6(14-8(12)13)7(10)4(5)3-11/h1-2,12-13H. The van der Waals surface area contributed by atoms with Gasteiger partial charge in [0, 0.05) is 0 Å². The van der Waals surface area contributed by atoms with Crippen LogP contribution in [0.15, 0.2) is 12.1 Å². The first-order valence-electron chi connectivity index (χ1n) is 3.47. The Hall–Kier alpha value is -1.29. The van der Waals surface area contributed by atoms with Gasteiger partial charge in [0.1, 0.15) is 17.4 Å². The van der Waals surface area contributed by atoms with Crippen molar-refractivity contribution in [1.29, 1.82) is 5.26 Å². The van der Waals surface area contributed by atoms with Crippen molar-refractivity contribution >= 4 is 18.9 Å². The van der Waals surface area contributed by atoms with Crippen LogP contribution in [0.3, 0.4) is 0 Å². The van der Waals surface area contributed by atoms with Gasteiger partial charge in [0.25, 0.3) is 0 Å². The minimum absolute atomic E-state index is 0.0650. The molecule has 0 heterocycles. The first kappa shape index (κ1) is 10.8. The summed E-state index contributed by atoms with van der Waals surface area (Å²) in [6, 6.07) is 3.85. The molecular formula is C7H4BClFNO3. The topological polar surface area (TPSA) is 73.5 Å². The maximum absolute atomic E-state index is 13.2. The molecule has 0 atom stereocenters. The monoisotopic (exact) mass is 215 g/mol. The number of hydrogen-bond acceptors (Lipinski definition) is 4. The lowest BCUT2D eigenvalue weighted by molar-refractivity contribution is 0.281. The third-order valence-corrected chi connectivity index (χ3v) is 1.71. The van der Waals surface area contributed by atoms with Gasteiger partial charge in [0.15, 0.2) is 5.82 Å².